The minimum Gasteiger partial charge on any atom is -0.444 e. The number of alkyl carbamates (subject to hydrolysis) is 1. The first-order valence-corrected chi connectivity index (χ1v) is 11.8. The van der Waals surface area contributed by atoms with Gasteiger partial charge in [0.05, 0.1) is 6.10 Å². The molecule has 0 bridgehead atoms. The standard InChI is InChI=1S/C23H42N4O5/c1-22(2,3)31-20(28)25-19(26-21(29)32-23(4,5)6)27-14-10-18(11-15-27)30-16-12-17-9-7-8-13-24-17/h17-18,24H,7-16H2,1-6H3,(H,25,26,28,29). The van der Waals surface area contributed by atoms with Gasteiger partial charge in [0.25, 0.3) is 0 Å². The monoisotopic (exact) mass is 454 g/mol. The van der Waals surface area contributed by atoms with E-state index in [4.69, 9.17) is 14.2 Å². The average Bonchev–Trinajstić information content (AvgIpc) is 2.66. The second-order valence-corrected chi connectivity index (χ2v) is 10.5. The summed E-state index contributed by atoms with van der Waals surface area (Å²) in [5.74, 6) is 0.151. The smallest absolute Gasteiger partial charge is 0.437 e. The van der Waals surface area contributed by atoms with E-state index < -0.39 is 23.4 Å². The lowest BCUT2D eigenvalue weighted by Gasteiger charge is -2.34. The number of aliphatic imine (C=N–C) groups is 1. The van der Waals surface area contributed by atoms with E-state index in [-0.39, 0.29) is 12.1 Å². The molecule has 2 saturated heterocycles. The van der Waals surface area contributed by atoms with Gasteiger partial charge >= 0.3 is 12.2 Å². The molecule has 0 saturated carbocycles. The summed E-state index contributed by atoms with van der Waals surface area (Å²) in [6, 6.07) is 0.564. The summed E-state index contributed by atoms with van der Waals surface area (Å²) in [7, 11) is 0. The number of amides is 2. The van der Waals surface area contributed by atoms with Gasteiger partial charge in [0.2, 0.25) is 5.96 Å². The first-order valence-electron chi connectivity index (χ1n) is 11.8. The summed E-state index contributed by atoms with van der Waals surface area (Å²) in [6.07, 6.45) is 5.16. The van der Waals surface area contributed by atoms with Crippen LogP contribution in [0.5, 0.6) is 0 Å². The highest BCUT2D eigenvalue weighted by molar-refractivity contribution is 5.98. The van der Waals surface area contributed by atoms with Gasteiger partial charge in [-0.25, -0.2) is 9.59 Å². The largest absolute Gasteiger partial charge is 0.444 e. The molecule has 2 amide bonds. The minimum absolute atomic E-state index is 0.151. The van der Waals surface area contributed by atoms with Crippen molar-refractivity contribution in [2.24, 2.45) is 4.99 Å². The number of likely N-dealkylation sites (tertiary alicyclic amines) is 1. The normalized spacial score (nSPS) is 21.2. The zero-order valence-corrected chi connectivity index (χ0v) is 20.7. The van der Waals surface area contributed by atoms with Crippen molar-refractivity contribution in [3.63, 3.8) is 0 Å². The zero-order chi connectivity index (χ0) is 23.8. The third kappa shape index (κ3) is 10.6. The van der Waals surface area contributed by atoms with E-state index in [9.17, 15) is 9.59 Å². The van der Waals surface area contributed by atoms with E-state index in [0.29, 0.717) is 19.1 Å². The highest BCUT2D eigenvalue weighted by atomic mass is 16.6. The fourth-order valence-corrected chi connectivity index (χ4v) is 3.73. The number of nitrogens with zero attached hydrogens (tertiary/aromatic N) is 2. The van der Waals surface area contributed by atoms with Crippen LogP contribution in [-0.4, -0.2) is 72.6 Å². The number of piperidine rings is 2. The number of hydrogen-bond acceptors (Lipinski definition) is 6. The molecule has 2 fully saturated rings. The van der Waals surface area contributed by atoms with Crippen molar-refractivity contribution in [2.45, 2.75) is 103 Å². The number of carbonyl (C=O) groups is 2. The van der Waals surface area contributed by atoms with Gasteiger partial charge in [0.15, 0.2) is 0 Å². The lowest BCUT2D eigenvalue weighted by Crippen LogP contribution is -2.50. The number of ether oxygens (including phenoxy) is 3. The maximum Gasteiger partial charge on any atom is 0.437 e. The maximum absolute atomic E-state index is 12.3. The molecule has 32 heavy (non-hydrogen) atoms. The molecule has 0 aromatic heterocycles. The molecule has 184 valence electrons. The molecule has 2 heterocycles. The van der Waals surface area contributed by atoms with Crippen LogP contribution < -0.4 is 10.6 Å². The molecular weight excluding hydrogens is 412 g/mol. The van der Waals surface area contributed by atoms with Crippen molar-refractivity contribution in [1.29, 1.82) is 0 Å². The maximum atomic E-state index is 12.3. The van der Waals surface area contributed by atoms with Crippen LogP contribution in [0.3, 0.4) is 0 Å². The second kappa shape index (κ2) is 11.8. The molecule has 1 unspecified atom stereocenters. The van der Waals surface area contributed by atoms with E-state index >= 15 is 0 Å². The molecule has 2 rings (SSSR count). The van der Waals surface area contributed by atoms with Crippen LogP contribution in [0.1, 0.15) is 80.1 Å². The molecule has 9 nitrogen and oxygen atoms in total. The Labute approximate surface area is 192 Å². The summed E-state index contributed by atoms with van der Waals surface area (Å²) in [5, 5.41) is 6.17. The molecule has 1 atom stereocenters. The first kappa shape index (κ1) is 26.4. The van der Waals surface area contributed by atoms with Crippen molar-refractivity contribution < 1.29 is 23.8 Å². The molecular formula is C23H42N4O5. The number of rotatable bonds is 4. The second-order valence-electron chi connectivity index (χ2n) is 10.5. The molecule has 0 aromatic carbocycles. The van der Waals surface area contributed by atoms with Crippen LogP contribution in [0.25, 0.3) is 0 Å². The number of guanidine groups is 1. The van der Waals surface area contributed by atoms with Crippen molar-refractivity contribution in [3.8, 4) is 0 Å². The average molecular weight is 455 g/mol. The summed E-state index contributed by atoms with van der Waals surface area (Å²) in [6.45, 7) is 13.7. The van der Waals surface area contributed by atoms with Gasteiger partial charge in [0, 0.05) is 25.7 Å². The highest BCUT2D eigenvalue weighted by Gasteiger charge is 2.27. The van der Waals surface area contributed by atoms with E-state index in [2.05, 4.69) is 15.6 Å². The van der Waals surface area contributed by atoms with Crippen LogP contribution in [0.15, 0.2) is 4.99 Å². The van der Waals surface area contributed by atoms with Crippen molar-refractivity contribution >= 4 is 18.1 Å². The molecule has 0 radical (unpaired) electrons. The highest BCUT2D eigenvalue weighted by Crippen LogP contribution is 2.17. The lowest BCUT2D eigenvalue weighted by atomic mass is 10.0. The number of hydrogen-bond donors (Lipinski definition) is 2. The van der Waals surface area contributed by atoms with Gasteiger partial charge in [-0.1, -0.05) is 6.42 Å². The van der Waals surface area contributed by atoms with Crippen molar-refractivity contribution in [3.05, 3.63) is 0 Å². The molecule has 2 aliphatic rings. The topological polar surface area (TPSA) is 101 Å². The Bertz CT molecular complexity index is 640. The Kier molecular flexibility index (Phi) is 9.76. The van der Waals surface area contributed by atoms with Gasteiger partial charge in [-0.3, -0.25) is 5.32 Å². The van der Waals surface area contributed by atoms with E-state index in [1.54, 1.807) is 41.5 Å². The summed E-state index contributed by atoms with van der Waals surface area (Å²) in [4.78, 5) is 30.5. The van der Waals surface area contributed by atoms with Crippen LogP contribution >= 0.6 is 0 Å². The molecule has 0 aliphatic carbocycles. The van der Waals surface area contributed by atoms with Gasteiger partial charge in [-0.05, 0) is 80.2 Å². The third-order valence-electron chi connectivity index (χ3n) is 5.18. The van der Waals surface area contributed by atoms with E-state index in [1.807, 2.05) is 4.90 Å². The Balaban J connectivity index is 1.89. The Hall–Kier alpha value is -1.87. The molecule has 9 heteroatoms. The van der Waals surface area contributed by atoms with Gasteiger partial charge in [-0.2, -0.15) is 0 Å². The Morgan fingerprint density at radius 2 is 1.66 bits per heavy atom. The zero-order valence-electron chi connectivity index (χ0n) is 20.7. The van der Waals surface area contributed by atoms with Crippen LogP contribution in [0, 0.1) is 0 Å². The van der Waals surface area contributed by atoms with Gasteiger partial charge in [0.1, 0.15) is 11.2 Å². The molecule has 0 aromatic rings. The predicted molar refractivity (Wildman–Crippen MR) is 124 cm³/mol. The summed E-state index contributed by atoms with van der Waals surface area (Å²) >= 11 is 0. The first-order chi connectivity index (χ1) is 14.9. The molecule has 0 spiro atoms. The van der Waals surface area contributed by atoms with E-state index in [0.717, 1.165) is 32.4 Å². The predicted octanol–water partition coefficient (Wildman–Crippen LogP) is 3.82. The van der Waals surface area contributed by atoms with Crippen LogP contribution in [-0.2, 0) is 14.2 Å². The summed E-state index contributed by atoms with van der Waals surface area (Å²) in [5.41, 5.74) is -1.33. The van der Waals surface area contributed by atoms with Crippen molar-refractivity contribution in [2.75, 3.05) is 26.2 Å². The fraction of sp³-hybridized carbons (Fsp3) is 0.870. The van der Waals surface area contributed by atoms with Gasteiger partial charge < -0.3 is 24.4 Å². The number of carbonyl (C=O) groups excluding carboxylic acids is 2. The van der Waals surface area contributed by atoms with E-state index in [1.165, 1.54) is 19.3 Å². The number of nitrogens with one attached hydrogen (secondary N) is 2. The quantitative estimate of drug-likeness (QED) is 0.492. The van der Waals surface area contributed by atoms with Crippen LogP contribution in [0.2, 0.25) is 0 Å². The summed E-state index contributed by atoms with van der Waals surface area (Å²) < 4.78 is 16.7. The minimum atomic E-state index is -0.748. The third-order valence-corrected chi connectivity index (χ3v) is 5.18. The molecule has 2 N–H and O–H groups in total. The van der Waals surface area contributed by atoms with Crippen molar-refractivity contribution in [1.82, 2.24) is 15.5 Å². The van der Waals surface area contributed by atoms with Crippen LogP contribution in [0.4, 0.5) is 9.59 Å². The SMILES string of the molecule is CC(C)(C)OC(=O)/N=C(/NC(=O)OC(C)(C)C)N1CCC(OCCC2CCCCN2)CC1. The lowest BCUT2D eigenvalue weighted by molar-refractivity contribution is 0.0131. The fourth-order valence-electron chi connectivity index (χ4n) is 3.73. The Morgan fingerprint density at radius 1 is 1.00 bits per heavy atom. The van der Waals surface area contributed by atoms with Gasteiger partial charge in [-0.15, -0.1) is 4.99 Å². The Morgan fingerprint density at radius 3 is 2.22 bits per heavy atom. The molecule has 2 aliphatic heterocycles.